The lowest BCUT2D eigenvalue weighted by atomic mass is 9.89. The Balaban J connectivity index is 1.24. The summed E-state index contributed by atoms with van der Waals surface area (Å²) in [4.78, 5) is 32.4. The van der Waals surface area contributed by atoms with E-state index in [1.54, 1.807) is 0 Å². The van der Waals surface area contributed by atoms with Gasteiger partial charge in [0, 0.05) is 39.1 Å². The average molecular weight is 639 g/mol. The first-order chi connectivity index (χ1) is 22.9. The van der Waals surface area contributed by atoms with Crippen LogP contribution in [-0.2, 0) is 29.2 Å². The molecule has 1 saturated carbocycles. The van der Waals surface area contributed by atoms with E-state index in [0.717, 1.165) is 49.5 Å². The van der Waals surface area contributed by atoms with Gasteiger partial charge >= 0.3 is 0 Å². The average Bonchev–Trinajstić information content (AvgIpc) is 3.10. The summed E-state index contributed by atoms with van der Waals surface area (Å²) in [6, 6.07) is 27.6. The number of hydrogen-bond acceptors (Lipinski definition) is 5. The molecule has 3 aromatic carbocycles. The molecule has 2 fully saturated rings. The summed E-state index contributed by atoms with van der Waals surface area (Å²) in [5, 5.41) is 6.84. The number of benzene rings is 3. The first-order valence-corrected chi connectivity index (χ1v) is 17.8. The van der Waals surface area contributed by atoms with E-state index in [1.807, 2.05) is 65.6 Å². The number of rotatable bonds is 15. The molecule has 5 rings (SSSR count). The zero-order valence-corrected chi connectivity index (χ0v) is 28.4. The molecule has 0 radical (unpaired) electrons. The molecule has 0 bridgehead atoms. The van der Waals surface area contributed by atoms with Gasteiger partial charge in [0.05, 0.1) is 6.04 Å². The highest BCUT2D eigenvalue weighted by molar-refractivity contribution is 5.90. The van der Waals surface area contributed by atoms with Gasteiger partial charge in [-0.1, -0.05) is 106 Å². The number of piperazine rings is 1. The fraction of sp³-hybridized carbons (Fsp3) is 0.500. The first-order valence-electron chi connectivity index (χ1n) is 17.8. The Morgan fingerprint density at radius 1 is 0.766 bits per heavy atom. The topological polar surface area (TPSA) is 73.9 Å². The van der Waals surface area contributed by atoms with Crippen LogP contribution >= 0.6 is 0 Å². The molecule has 252 valence electrons. The minimum atomic E-state index is -0.634. The van der Waals surface area contributed by atoms with Crippen molar-refractivity contribution in [2.45, 2.75) is 84.0 Å². The van der Waals surface area contributed by atoms with Crippen molar-refractivity contribution in [3.05, 3.63) is 102 Å². The van der Waals surface area contributed by atoms with Gasteiger partial charge in [-0.15, -0.1) is 0 Å². The molecule has 7 heteroatoms. The highest BCUT2D eigenvalue weighted by Crippen LogP contribution is 2.23. The molecule has 0 aromatic heterocycles. The molecule has 2 amide bonds. The minimum absolute atomic E-state index is 0.00214. The van der Waals surface area contributed by atoms with Crippen LogP contribution in [0.15, 0.2) is 84.9 Å². The lowest BCUT2D eigenvalue weighted by molar-refractivity contribution is -0.138. The van der Waals surface area contributed by atoms with Gasteiger partial charge in [-0.3, -0.25) is 14.5 Å². The third kappa shape index (κ3) is 11.2. The number of nitrogens with one attached hydrogen (secondary N) is 2. The highest BCUT2D eigenvalue weighted by Gasteiger charge is 2.31. The van der Waals surface area contributed by atoms with E-state index in [2.05, 4.69) is 53.6 Å². The summed E-state index contributed by atoms with van der Waals surface area (Å²) in [5.41, 5.74) is 3.39. The molecule has 0 unspecified atom stereocenters. The summed E-state index contributed by atoms with van der Waals surface area (Å²) in [7, 11) is 0. The van der Waals surface area contributed by atoms with Crippen LogP contribution in [0.25, 0.3) is 0 Å². The van der Waals surface area contributed by atoms with Crippen molar-refractivity contribution in [3.8, 4) is 5.75 Å². The van der Waals surface area contributed by atoms with Crippen LogP contribution in [0.4, 0.5) is 0 Å². The van der Waals surface area contributed by atoms with Crippen LogP contribution < -0.4 is 15.4 Å². The number of ether oxygens (including phenoxy) is 1. The molecule has 1 aliphatic carbocycles. The van der Waals surface area contributed by atoms with Gasteiger partial charge in [-0.05, 0) is 66.5 Å². The summed E-state index contributed by atoms with van der Waals surface area (Å²) in [6.45, 7) is 9.48. The standard InChI is InChI=1S/C40H54N4O3/c1-31(2)26-37(41-28-33-12-6-3-7-13-33)39(45)42-38(27-32-18-20-36(21-19-32)47-30-35-16-10-5-11-17-35)40(46)44-24-22-43(23-25-44)29-34-14-8-4-9-15-34/h4-5,8-11,14-21,31,33,37-38,41H,3,6-7,12-13,22-30H2,1-2H3,(H,42,45)/t37-,38+/m0/s1. The Kier molecular flexibility index (Phi) is 13.3. The van der Waals surface area contributed by atoms with E-state index in [1.165, 1.54) is 37.7 Å². The van der Waals surface area contributed by atoms with Crippen LogP contribution in [0.1, 0.15) is 69.1 Å². The molecule has 1 saturated heterocycles. The quantitative estimate of drug-likeness (QED) is 0.207. The van der Waals surface area contributed by atoms with Gasteiger partial charge in [-0.2, -0.15) is 0 Å². The molecule has 2 atom stereocenters. The van der Waals surface area contributed by atoms with Gasteiger partial charge in [0.15, 0.2) is 0 Å². The monoisotopic (exact) mass is 638 g/mol. The second kappa shape index (κ2) is 18.0. The van der Waals surface area contributed by atoms with Crippen molar-refractivity contribution in [3.63, 3.8) is 0 Å². The molecule has 0 spiro atoms. The molecular weight excluding hydrogens is 584 g/mol. The third-order valence-corrected chi connectivity index (χ3v) is 9.56. The Labute approximate surface area is 282 Å². The van der Waals surface area contributed by atoms with Crippen molar-refractivity contribution in [2.24, 2.45) is 11.8 Å². The Hall–Kier alpha value is -3.68. The normalized spacial score (nSPS) is 17.3. The van der Waals surface area contributed by atoms with E-state index in [4.69, 9.17) is 4.74 Å². The summed E-state index contributed by atoms with van der Waals surface area (Å²) >= 11 is 0. The predicted molar refractivity (Wildman–Crippen MR) is 189 cm³/mol. The molecule has 2 aliphatic rings. The number of amides is 2. The van der Waals surface area contributed by atoms with E-state index in [0.29, 0.717) is 38.0 Å². The van der Waals surface area contributed by atoms with E-state index in [9.17, 15) is 9.59 Å². The van der Waals surface area contributed by atoms with E-state index in [-0.39, 0.29) is 17.9 Å². The van der Waals surface area contributed by atoms with Crippen molar-refractivity contribution >= 4 is 11.8 Å². The Morgan fingerprint density at radius 3 is 2.04 bits per heavy atom. The maximum Gasteiger partial charge on any atom is 0.245 e. The van der Waals surface area contributed by atoms with Gasteiger partial charge in [-0.25, -0.2) is 0 Å². The largest absolute Gasteiger partial charge is 0.489 e. The summed E-state index contributed by atoms with van der Waals surface area (Å²) in [5.74, 6) is 1.69. The van der Waals surface area contributed by atoms with Crippen LogP contribution in [-0.4, -0.2) is 66.4 Å². The van der Waals surface area contributed by atoms with Gasteiger partial charge < -0.3 is 20.3 Å². The smallest absolute Gasteiger partial charge is 0.245 e. The van der Waals surface area contributed by atoms with Crippen LogP contribution in [0.2, 0.25) is 0 Å². The summed E-state index contributed by atoms with van der Waals surface area (Å²) in [6.07, 6.45) is 7.50. The molecule has 1 aliphatic heterocycles. The zero-order valence-electron chi connectivity index (χ0n) is 28.4. The lowest BCUT2D eigenvalue weighted by Gasteiger charge is -2.37. The number of hydrogen-bond donors (Lipinski definition) is 2. The van der Waals surface area contributed by atoms with E-state index < -0.39 is 6.04 Å². The fourth-order valence-corrected chi connectivity index (χ4v) is 6.81. The molecular formula is C40H54N4O3. The number of carbonyl (C=O) groups is 2. The molecule has 7 nitrogen and oxygen atoms in total. The Bertz CT molecular complexity index is 1350. The predicted octanol–water partition coefficient (Wildman–Crippen LogP) is 6.22. The third-order valence-electron chi connectivity index (χ3n) is 9.56. The van der Waals surface area contributed by atoms with Crippen molar-refractivity contribution < 1.29 is 14.3 Å². The van der Waals surface area contributed by atoms with E-state index >= 15 is 0 Å². The van der Waals surface area contributed by atoms with Crippen molar-refractivity contribution in [1.82, 2.24) is 20.4 Å². The maximum atomic E-state index is 14.1. The van der Waals surface area contributed by atoms with Crippen LogP contribution in [0.5, 0.6) is 5.75 Å². The maximum absolute atomic E-state index is 14.1. The number of carbonyl (C=O) groups excluding carboxylic acids is 2. The second-order valence-electron chi connectivity index (χ2n) is 13.9. The number of nitrogens with zero attached hydrogens (tertiary/aromatic N) is 2. The van der Waals surface area contributed by atoms with Gasteiger partial charge in [0.25, 0.3) is 0 Å². The fourth-order valence-electron chi connectivity index (χ4n) is 6.81. The SMILES string of the molecule is CC(C)C[C@H](NCC1CCCCC1)C(=O)N[C@H](Cc1ccc(OCc2ccccc2)cc1)C(=O)N1CCN(Cc2ccccc2)CC1. The molecule has 47 heavy (non-hydrogen) atoms. The Morgan fingerprint density at radius 2 is 1.40 bits per heavy atom. The molecule has 2 N–H and O–H groups in total. The minimum Gasteiger partial charge on any atom is -0.489 e. The zero-order chi connectivity index (χ0) is 32.8. The molecule has 1 heterocycles. The van der Waals surface area contributed by atoms with Crippen LogP contribution in [0, 0.1) is 11.8 Å². The molecule has 3 aromatic rings. The lowest BCUT2D eigenvalue weighted by Crippen LogP contribution is -2.58. The van der Waals surface area contributed by atoms with Crippen molar-refractivity contribution in [2.75, 3.05) is 32.7 Å². The van der Waals surface area contributed by atoms with Gasteiger partial charge in [0.1, 0.15) is 18.4 Å². The van der Waals surface area contributed by atoms with Gasteiger partial charge in [0.2, 0.25) is 11.8 Å². The van der Waals surface area contributed by atoms with Crippen molar-refractivity contribution in [1.29, 1.82) is 0 Å². The van der Waals surface area contributed by atoms with Crippen LogP contribution in [0.3, 0.4) is 0 Å². The first kappa shape index (κ1) is 34.6. The highest BCUT2D eigenvalue weighted by atomic mass is 16.5. The second-order valence-corrected chi connectivity index (χ2v) is 13.9. The summed E-state index contributed by atoms with van der Waals surface area (Å²) < 4.78 is 6.00.